The fourth-order valence-electron chi connectivity index (χ4n) is 3.47. The Kier molecular flexibility index (Phi) is 5.40. The molecule has 3 heterocycles. The molecule has 1 aliphatic rings. The number of benzene rings is 1. The van der Waals surface area contributed by atoms with Crippen LogP contribution in [0.1, 0.15) is 18.2 Å². The molecule has 9 nitrogen and oxygen atoms in total. The van der Waals surface area contributed by atoms with Crippen LogP contribution in [0.2, 0.25) is 0 Å². The number of furan rings is 1. The summed E-state index contributed by atoms with van der Waals surface area (Å²) < 4.78 is 6.95. The van der Waals surface area contributed by atoms with Crippen LogP contribution in [0.3, 0.4) is 0 Å². The molecule has 2 N–H and O–H groups in total. The van der Waals surface area contributed by atoms with E-state index in [2.05, 4.69) is 10.6 Å². The molecule has 0 atom stereocenters. The van der Waals surface area contributed by atoms with Crippen LogP contribution in [0.15, 0.2) is 58.8 Å². The van der Waals surface area contributed by atoms with Crippen LogP contribution in [0.5, 0.6) is 0 Å². The van der Waals surface area contributed by atoms with Crippen LogP contribution in [0.25, 0.3) is 17.0 Å². The highest BCUT2D eigenvalue weighted by molar-refractivity contribution is 6.31. The maximum absolute atomic E-state index is 12.6. The molecule has 1 aromatic carbocycles. The third kappa shape index (κ3) is 3.97. The molecule has 31 heavy (non-hydrogen) atoms. The molecule has 1 aliphatic heterocycles. The second-order valence-electron chi connectivity index (χ2n) is 6.95. The standard InChI is InChI=1S/C22H20N4O5/c1-2-26-21(29)17(20(28)24-22(26)30)10-14-12-25(18-8-4-3-7-16(14)18)13-19(27)23-11-15-6-5-9-31-15/h3-10,12H,2,11,13H2,1H3,(H,23,27)(H,24,28,30). The summed E-state index contributed by atoms with van der Waals surface area (Å²) in [5.41, 5.74) is 1.24. The van der Waals surface area contributed by atoms with Gasteiger partial charge in [-0.05, 0) is 31.2 Å². The van der Waals surface area contributed by atoms with Gasteiger partial charge in [-0.1, -0.05) is 18.2 Å². The van der Waals surface area contributed by atoms with Crippen molar-refractivity contribution in [3.63, 3.8) is 0 Å². The van der Waals surface area contributed by atoms with Crippen LogP contribution >= 0.6 is 0 Å². The zero-order valence-corrected chi connectivity index (χ0v) is 16.8. The summed E-state index contributed by atoms with van der Waals surface area (Å²) in [5, 5.41) is 5.74. The van der Waals surface area contributed by atoms with E-state index in [1.54, 1.807) is 29.8 Å². The monoisotopic (exact) mass is 420 g/mol. The topological polar surface area (TPSA) is 114 Å². The lowest BCUT2D eigenvalue weighted by molar-refractivity contribution is -0.130. The maximum atomic E-state index is 12.6. The third-order valence-electron chi connectivity index (χ3n) is 4.98. The quantitative estimate of drug-likeness (QED) is 0.468. The minimum absolute atomic E-state index is 0.0457. The normalized spacial score (nSPS) is 15.6. The number of carbonyl (C=O) groups is 4. The van der Waals surface area contributed by atoms with E-state index in [0.29, 0.717) is 11.3 Å². The first-order valence-electron chi connectivity index (χ1n) is 9.73. The SMILES string of the molecule is CCN1C(=O)NC(=O)C(=Cc2cn(CC(=O)NCc3ccco3)c3ccccc23)C1=O. The van der Waals surface area contributed by atoms with Crippen LogP contribution in [0, 0.1) is 0 Å². The number of para-hydroxylation sites is 1. The fourth-order valence-corrected chi connectivity index (χ4v) is 3.47. The highest BCUT2D eigenvalue weighted by Crippen LogP contribution is 2.25. The number of carbonyl (C=O) groups excluding carboxylic acids is 4. The van der Waals surface area contributed by atoms with E-state index in [1.807, 2.05) is 24.3 Å². The average Bonchev–Trinajstić information content (AvgIpc) is 3.38. The number of hydrogen-bond donors (Lipinski definition) is 2. The van der Waals surface area contributed by atoms with Crippen LogP contribution in [-0.2, 0) is 27.5 Å². The number of rotatable bonds is 6. The molecule has 2 aromatic heterocycles. The van der Waals surface area contributed by atoms with Crippen molar-refractivity contribution in [1.29, 1.82) is 0 Å². The van der Waals surface area contributed by atoms with Crippen molar-refractivity contribution >= 4 is 40.7 Å². The number of urea groups is 1. The van der Waals surface area contributed by atoms with E-state index < -0.39 is 17.8 Å². The van der Waals surface area contributed by atoms with Crippen molar-refractivity contribution in [2.75, 3.05) is 6.54 Å². The third-order valence-corrected chi connectivity index (χ3v) is 4.98. The molecule has 5 amide bonds. The summed E-state index contributed by atoms with van der Waals surface area (Å²) in [6, 6.07) is 10.1. The summed E-state index contributed by atoms with van der Waals surface area (Å²) >= 11 is 0. The lowest BCUT2D eigenvalue weighted by Crippen LogP contribution is -2.53. The van der Waals surface area contributed by atoms with Crippen molar-refractivity contribution < 1.29 is 23.6 Å². The minimum Gasteiger partial charge on any atom is -0.467 e. The van der Waals surface area contributed by atoms with E-state index in [1.165, 1.54) is 12.3 Å². The van der Waals surface area contributed by atoms with Gasteiger partial charge >= 0.3 is 6.03 Å². The molecule has 0 radical (unpaired) electrons. The number of barbiturate groups is 1. The summed E-state index contributed by atoms with van der Waals surface area (Å²) in [4.78, 5) is 50.1. The second-order valence-corrected chi connectivity index (χ2v) is 6.95. The van der Waals surface area contributed by atoms with Gasteiger partial charge in [-0.25, -0.2) is 4.79 Å². The Hall–Kier alpha value is -4.14. The molecule has 9 heteroatoms. The van der Waals surface area contributed by atoms with Gasteiger partial charge in [0.2, 0.25) is 5.91 Å². The first-order valence-corrected chi connectivity index (χ1v) is 9.73. The molecule has 0 unspecified atom stereocenters. The van der Waals surface area contributed by atoms with Crippen molar-refractivity contribution in [2.45, 2.75) is 20.0 Å². The van der Waals surface area contributed by atoms with Gasteiger partial charge in [-0.2, -0.15) is 0 Å². The predicted molar refractivity (Wildman–Crippen MR) is 111 cm³/mol. The molecule has 1 fully saturated rings. The predicted octanol–water partition coefficient (Wildman–Crippen LogP) is 2.03. The Balaban J connectivity index is 1.63. The zero-order valence-electron chi connectivity index (χ0n) is 16.8. The first kappa shape index (κ1) is 20.1. The lowest BCUT2D eigenvalue weighted by atomic mass is 10.1. The maximum Gasteiger partial charge on any atom is 0.331 e. The fraction of sp³-hybridized carbons (Fsp3) is 0.182. The van der Waals surface area contributed by atoms with Crippen molar-refractivity contribution in [2.24, 2.45) is 0 Å². The largest absolute Gasteiger partial charge is 0.467 e. The number of fused-ring (bicyclic) bond motifs is 1. The van der Waals surface area contributed by atoms with Crippen LogP contribution in [-0.4, -0.2) is 39.8 Å². The molecule has 158 valence electrons. The van der Waals surface area contributed by atoms with E-state index in [-0.39, 0.29) is 31.1 Å². The number of aromatic nitrogens is 1. The number of likely N-dealkylation sites (N-methyl/N-ethyl adjacent to an activating group) is 1. The second kappa shape index (κ2) is 8.31. The molecular weight excluding hydrogens is 400 g/mol. The van der Waals surface area contributed by atoms with Crippen molar-refractivity contribution in [3.05, 3.63) is 65.8 Å². The van der Waals surface area contributed by atoms with Gasteiger partial charge in [0.15, 0.2) is 0 Å². The number of amides is 5. The first-order chi connectivity index (χ1) is 15.0. The number of nitrogens with one attached hydrogen (secondary N) is 2. The minimum atomic E-state index is -0.743. The number of hydrogen-bond acceptors (Lipinski definition) is 5. The van der Waals surface area contributed by atoms with Gasteiger partial charge in [0.1, 0.15) is 17.9 Å². The van der Waals surface area contributed by atoms with Gasteiger partial charge in [0.25, 0.3) is 11.8 Å². The van der Waals surface area contributed by atoms with E-state index in [9.17, 15) is 19.2 Å². The molecule has 1 saturated heterocycles. The van der Waals surface area contributed by atoms with Gasteiger partial charge < -0.3 is 14.3 Å². The lowest BCUT2D eigenvalue weighted by Gasteiger charge is -2.24. The Labute approximate surface area is 177 Å². The average molecular weight is 420 g/mol. The number of nitrogens with zero attached hydrogens (tertiary/aromatic N) is 2. The summed E-state index contributed by atoms with van der Waals surface area (Å²) in [6.45, 7) is 2.12. The molecule has 3 aromatic rings. The number of imide groups is 2. The van der Waals surface area contributed by atoms with Gasteiger partial charge in [0.05, 0.1) is 12.8 Å². The molecule has 4 rings (SSSR count). The van der Waals surface area contributed by atoms with Crippen LogP contribution < -0.4 is 10.6 Å². The Bertz CT molecular complexity index is 1210. The van der Waals surface area contributed by atoms with Gasteiger partial charge in [-0.3, -0.25) is 24.6 Å². The van der Waals surface area contributed by atoms with Gasteiger partial charge in [0, 0.05) is 29.2 Å². The smallest absolute Gasteiger partial charge is 0.331 e. The van der Waals surface area contributed by atoms with Crippen molar-refractivity contribution in [3.8, 4) is 0 Å². The molecule has 0 saturated carbocycles. The molecular formula is C22H20N4O5. The Morgan fingerprint density at radius 3 is 2.71 bits per heavy atom. The molecule has 0 spiro atoms. The summed E-state index contributed by atoms with van der Waals surface area (Å²) in [5.74, 6) is -0.962. The summed E-state index contributed by atoms with van der Waals surface area (Å²) in [7, 11) is 0. The van der Waals surface area contributed by atoms with E-state index in [4.69, 9.17) is 4.42 Å². The highest BCUT2D eigenvalue weighted by Gasteiger charge is 2.34. The molecule has 0 aliphatic carbocycles. The highest BCUT2D eigenvalue weighted by atomic mass is 16.3. The van der Waals surface area contributed by atoms with E-state index >= 15 is 0 Å². The summed E-state index contributed by atoms with van der Waals surface area (Å²) in [6.07, 6.45) is 4.69. The van der Waals surface area contributed by atoms with Crippen LogP contribution in [0.4, 0.5) is 4.79 Å². The van der Waals surface area contributed by atoms with Crippen molar-refractivity contribution in [1.82, 2.24) is 20.1 Å². The van der Waals surface area contributed by atoms with Gasteiger partial charge in [-0.15, -0.1) is 0 Å². The molecule has 0 bridgehead atoms. The van der Waals surface area contributed by atoms with E-state index in [0.717, 1.165) is 15.8 Å². The zero-order chi connectivity index (χ0) is 22.0. The Morgan fingerprint density at radius 1 is 1.16 bits per heavy atom. The Morgan fingerprint density at radius 2 is 1.97 bits per heavy atom.